The van der Waals surface area contributed by atoms with Crippen LogP contribution in [0.3, 0.4) is 0 Å². The van der Waals surface area contributed by atoms with Crippen molar-refractivity contribution in [1.29, 1.82) is 0 Å². The Morgan fingerprint density at radius 2 is 1.97 bits per heavy atom. The van der Waals surface area contributed by atoms with E-state index in [9.17, 15) is 19.1 Å². The summed E-state index contributed by atoms with van der Waals surface area (Å²) < 4.78 is 20.6. The average Bonchev–Trinajstić information content (AvgIpc) is 3.10. The molecule has 1 aromatic heterocycles. The van der Waals surface area contributed by atoms with E-state index in [2.05, 4.69) is 9.88 Å². The van der Waals surface area contributed by atoms with Crippen LogP contribution in [-0.2, 0) is 13.5 Å². The van der Waals surface area contributed by atoms with Crippen molar-refractivity contribution < 1.29 is 14.2 Å². The fourth-order valence-corrected chi connectivity index (χ4v) is 4.73. The first kappa shape index (κ1) is 20.8. The molecule has 162 valence electrons. The summed E-state index contributed by atoms with van der Waals surface area (Å²) in [6.45, 7) is 4.20. The van der Waals surface area contributed by atoms with Crippen LogP contribution in [0.5, 0.6) is 5.75 Å². The zero-order valence-electron chi connectivity index (χ0n) is 17.3. The monoisotopic (exact) mass is 417 g/mol. The van der Waals surface area contributed by atoms with E-state index in [1.807, 2.05) is 0 Å². The molecule has 0 amide bonds. The molecule has 2 N–H and O–H groups in total. The molecular weight excluding hydrogens is 389 g/mol. The second-order valence-electron chi connectivity index (χ2n) is 8.62. The normalized spacial score (nSPS) is 26.5. The van der Waals surface area contributed by atoms with Gasteiger partial charge in [-0.05, 0) is 61.8 Å². The van der Waals surface area contributed by atoms with Gasteiger partial charge >= 0.3 is 5.69 Å². The highest BCUT2D eigenvalue weighted by Gasteiger charge is 2.42. The Kier molecular flexibility index (Phi) is 5.79. The maximum absolute atomic E-state index is 13.5. The Balaban J connectivity index is 1.36. The topological polar surface area (TPSA) is 87.6 Å². The maximum Gasteiger partial charge on any atom is 0.328 e. The number of aliphatic hydroxyl groups excluding tert-OH is 1. The van der Waals surface area contributed by atoms with Crippen LogP contribution in [-0.4, -0.2) is 51.4 Å². The Bertz CT molecular complexity index is 1030. The van der Waals surface area contributed by atoms with E-state index in [0.29, 0.717) is 41.6 Å². The van der Waals surface area contributed by atoms with E-state index >= 15 is 0 Å². The van der Waals surface area contributed by atoms with Crippen molar-refractivity contribution in [3.05, 3.63) is 62.2 Å². The molecule has 0 radical (unpaired) electrons. The molecule has 1 aliphatic heterocycles. The molecule has 2 aromatic rings. The summed E-state index contributed by atoms with van der Waals surface area (Å²) in [5, 5.41) is 10.6. The lowest BCUT2D eigenvalue weighted by molar-refractivity contribution is -0.0232. The zero-order valence-corrected chi connectivity index (χ0v) is 17.3. The van der Waals surface area contributed by atoms with Gasteiger partial charge in [0.25, 0.3) is 5.56 Å². The molecule has 1 saturated carbocycles. The summed E-state index contributed by atoms with van der Waals surface area (Å²) in [5.74, 6) is 1.13. The number of aromatic amines is 1. The predicted octanol–water partition coefficient (Wildman–Crippen LogP) is 1.21. The number of aliphatic hydroxyl groups is 1. The van der Waals surface area contributed by atoms with Gasteiger partial charge in [-0.1, -0.05) is 0 Å². The van der Waals surface area contributed by atoms with Gasteiger partial charge < -0.3 is 19.7 Å². The van der Waals surface area contributed by atoms with E-state index < -0.39 is 11.8 Å². The third-order valence-electron chi connectivity index (χ3n) is 6.53. The minimum atomic E-state index is -0.553. The Hall–Kier alpha value is -2.45. The number of nitrogens with one attached hydrogen (secondary N) is 1. The van der Waals surface area contributed by atoms with Crippen LogP contribution in [0.2, 0.25) is 0 Å². The summed E-state index contributed by atoms with van der Waals surface area (Å²) in [7, 11) is 1.47. The molecule has 0 unspecified atom stereocenters. The number of likely N-dealkylation sites (tertiary alicyclic amines) is 1. The molecular formula is C22H28FN3O4. The lowest BCUT2D eigenvalue weighted by atomic mass is 9.78. The van der Waals surface area contributed by atoms with Gasteiger partial charge in [-0.25, -0.2) is 9.18 Å². The van der Waals surface area contributed by atoms with Gasteiger partial charge in [0.2, 0.25) is 0 Å². The molecule has 0 bridgehead atoms. The highest BCUT2D eigenvalue weighted by molar-refractivity contribution is 5.29. The van der Waals surface area contributed by atoms with E-state index in [1.54, 1.807) is 19.1 Å². The molecule has 0 spiro atoms. The summed E-state index contributed by atoms with van der Waals surface area (Å²) in [6.07, 6.45) is 2.64. The van der Waals surface area contributed by atoms with Gasteiger partial charge in [0, 0.05) is 38.4 Å². The summed E-state index contributed by atoms with van der Waals surface area (Å²) in [5.41, 5.74) is 0.456. The molecule has 8 heteroatoms. The fourth-order valence-electron chi connectivity index (χ4n) is 4.73. The number of H-pyrrole nitrogens is 1. The summed E-state index contributed by atoms with van der Waals surface area (Å²) in [4.78, 5) is 28.6. The lowest BCUT2D eigenvalue weighted by Gasteiger charge is -2.35. The SMILES string of the molecule is Cc1cc(O[C@@H]2C[C@@H]3CN(CCc4c[nH]c(=O)n(C)c4=O)C[C@@H]3C[C@H]2O)ccc1F. The minimum absolute atomic E-state index is 0.256. The molecule has 2 fully saturated rings. The van der Waals surface area contributed by atoms with Crippen molar-refractivity contribution in [1.82, 2.24) is 14.5 Å². The third kappa shape index (κ3) is 4.20. The van der Waals surface area contributed by atoms with Crippen LogP contribution in [0.1, 0.15) is 24.0 Å². The molecule has 4 rings (SSSR count). The number of ether oxygens (including phenoxy) is 1. The molecule has 1 aliphatic carbocycles. The van der Waals surface area contributed by atoms with Gasteiger partial charge in [0.15, 0.2) is 0 Å². The smallest absolute Gasteiger partial charge is 0.328 e. The Labute approximate surface area is 174 Å². The molecule has 1 aromatic carbocycles. The quantitative estimate of drug-likeness (QED) is 0.764. The van der Waals surface area contributed by atoms with E-state index in [-0.39, 0.29) is 17.5 Å². The van der Waals surface area contributed by atoms with Gasteiger partial charge in [0.1, 0.15) is 17.7 Å². The molecule has 7 nitrogen and oxygen atoms in total. The lowest BCUT2D eigenvalue weighted by Crippen LogP contribution is -2.42. The number of hydrogen-bond acceptors (Lipinski definition) is 5. The summed E-state index contributed by atoms with van der Waals surface area (Å²) in [6, 6.07) is 4.66. The van der Waals surface area contributed by atoms with Crippen molar-refractivity contribution in [3.8, 4) is 5.75 Å². The average molecular weight is 417 g/mol. The van der Waals surface area contributed by atoms with Crippen LogP contribution in [0, 0.1) is 24.6 Å². The number of fused-ring (bicyclic) bond motifs is 1. The Morgan fingerprint density at radius 1 is 1.23 bits per heavy atom. The van der Waals surface area contributed by atoms with E-state index in [4.69, 9.17) is 4.74 Å². The number of aryl methyl sites for hydroxylation is 1. The second-order valence-corrected chi connectivity index (χ2v) is 8.62. The third-order valence-corrected chi connectivity index (χ3v) is 6.53. The first-order valence-corrected chi connectivity index (χ1v) is 10.4. The van der Waals surface area contributed by atoms with Crippen molar-refractivity contribution in [2.75, 3.05) is 19.6 Å². The molecule has 4 atom stereocenters. The van der Waals surface area contributed by atoms with Crippen LogP contribution in [0.25, 0.3) is 0 Å². The highest BCUT2D eigenvalue weighted by Crippen LogP contribution is 2.38. The molecule has 2 heterocycles. The number of aromatic nitrogens is 2. The fraction of sp³-hybridized carbons (Fsp3) is 0.545. The minimum Gasteiger partial charge on any atom is -0.488 e. The van der Waals surface area contributed by atoms with Gasteiger partial charge in [-0.15, -0.1) is 0 Å². The van der Waals surface area contributed by atoms with Crippen LogP contribution in [0.15, 0.2) is 34.0 Å². The standard InChI is InChI=1S/C22H28FN3O4/c1-13-7-17(3-4-18(13)23)30-20-9-16-12-26(11-15(16)8-19(20)27)6-5-14-10-24-22(29)25(2)21(14)28/h3-4,7,10,15-16,19-20,27H,5-6,8-9,11-12H2,1-2H3,(H,24,29)/t15-,16+,19+,20+/m0/s1. The maximum atomic E-state index is 13.5. The highest BCUT2D eigenvalue weighted by atomic mass is 19.1. The predicted molar refractivity (Wildman–Crippen MR) is 110 cm³/mol. The van der Waals surface area contributed by atoms with Crippen LogP contribution < -0.4 is 16.0 Å². The number of benzene rings is 1. The largest absolute Gasteiger partial charge is 0.488 e. The zero-order chi connectivity index (χ0) is 21.4. The van der Waals surface area contributed by atoms with E-state index in [1.165, 1.54) is 19.3 Å². The van der Waals surface area contributed by atoms with Crippen LogP contribution >= 0.6 is 0 Å². The molecule has 2 aliphatic rings. The molecule has 30 heavy (non-hydrogen) atoms. The van der Waals surface area contributed by atoms with Gasteiger partial charge in [-0.2, -0.15) is 0 Å². The molecule has 1 saturated heterocycles. The Morgan fingerprint density at radius 3 is 2.70 bits per heavy atom. The van der Waals surface area contributed by atoms with Gasteiger partial charge in [-0.3, -0.25) is 9.36 Å². The van der Waals surface area contributed by atoms with Crippen molar-refractivity contribution in [3.63, 3.8) is 0 Å². The van der Waals surface area contributed by atoms with Crippen molar-refractivity contribution in [2.45, 2.75) is 38.4 Å². The first-order valence-electron chi connectivity index (χ1n) is 10.4. The van der Waals surface area contributed by atoms with Gasteiger partial charge in [0.05, 0.1) is 6.10 Å². The van der Waals surface area contributed by atoms with Crippen molar-refractivity contribution in [2.24, 2.45) is 18.9 Å². The van der Waals surface area contributed by atoms with E-state index in [0.717, 1.165) is 30.6 Å². The number of hydrogen-bond donors (Lipinski definition) is 2. The summed E-state index contributed by atoms with van der Waals surface area (Å²) >= 11 is 0. The van der Waals surface area contributed by atoms with Crippen LogP contribution in [0.4, 0.5) is 4.39 Å². The number of nitrogens with zero attached hydrogens (tertiary/aromatic N) is 2. The first-order chi connectivity index (χ1) is 14.3. The second kappa shape index (κ2) is 8.35. The number of halogens is 1. The van der Waals surface area contributed by atoms with Crippen molar-refractivity contribution >= 4 is 0 Å². The number of rotatable bonds is 5.